The third kappa shape index (κ3) is 3.40. The second-order valence-electron chi connectivity index (χ2n) is 2.38. The van der Waals surface area contributed by atoms with Crippen molar-refractivity contribution in [3.8, 4) is 0 Å². The van der Waals surface area contributed by atoms with E-state index >= 15 is 0 Å². The van der Waals surface area contributed by atoms with Gasteiger partial charge in [0.15, 0.2) is 0 Å². The first-order valence-corrected chi connectivity index (χ1v) is 4.74. The molecule has 0 spiro atoms. The second kappa shape index (κ2) is 4.56. The summed E-state index contributed by atoms with van der Waals surface area (Å²) in [5.74, 6) is 0. The van der Waals surface area contributed by atoms with Crippen molar-refractivity contribution in [1.29, 1.82) is 0 Å². The molecule has 1 aromatic carbocycles. The summed E-state index contributed by atoms with van der Waals surface area (Å²) in [5, 5.41) is 0.0723. The van der Waals surface area contributed by atoms with Crippen molar-refractivity contribution in [1.82, 2.24) is 0 Å². The molecule has 0 aliphatic heterocycles. The van der Waals surface area contributed by atoms with Crippen LogP contribution in [0.25, 0.3) is 0 Å². The Morgan fingerprint density at radius 1 is 1.25 bits per heavy atom. The summed E-state index contributed by atoms with van der Waals surface area (Å²) in [4.78, 5) is 17.4. The SMILES string of the molecule is Cc1ccc(P(=O)(O)O)cc1.[H-].[Na+]. The van der Waals surface area contributed by atoms with Crippen LogP contribution in [0.3, 0.4) is 0 Å². The van der Waals surface area contributed by atoms with Crippen LogP contribution in [0.1, 0.15) is 6.99 Å². The molecular weight excluding hydrogens is 186 g/mol. The molecule has 2 N–H and O–H groups in total. The molecule has 5 heteroatoms. The van der Waals surface area contributed by atoms with E-state index in [0.717, 1.165) is 5.56 Å². The quantitative estimate of drug-likeness (QED) is 0.400. The molecule has 0 aliphatic carbocycles. The fraction of sp³-hybridized carbons (Fsp3) is 0.143. The van der Waals surface area contributed by atoms with Crippen molar-refractivity contribution in [3.05, 3.63) is 29.8 Å². The maximum Gasteiger partial charge on any atom is 1.00 e. The molecule has 0 bridgehead atoms. The van der Waals surface area contributed by atoms with Gasteiger partial charge in [0, 0.05) is 0 Å². The van der Waals surface area contributed by atoms with Crippen LogP contribution in [-0.2, 0) is 4.57 Å². The molecule has 0 saturated carbocycles. The minimum Gasteiger partial charge on any atom is -1.00 e. The maximum atomic E-state index is 10.6. The van der Waals surface area contributed by atoms with E-state index < -0.39 is 7.60 Å². The van der Waals surface area contributed by atoms with Crippen LogP contribution in [0, 0.1) is 6.92 Å². The van der Waals surface area contributed by atoms with Crippen molar-refractivity contribution < 1.29 is 45.3 Å². The monoisotopic (exact) mass is 196 g/mol. The van der Waals surface area contributed by atoms with E-state index in [1.807, 2.05) is 6.92 Å². The van der Waals surface area contributed by atoms with Crippen LogP contribution >= 0.6 is 7.60 Å². The Hall–Kier alpha value is 0.370. The standard InChI is InChI=1S/C7H9O3P.Na.H/c1-6-2-4-7(5-3-6)11(8,9)10;;/h2-5H,1H3,(H2,8,9,10);;/q;+1;-1. The first kappa shape index (κ1) is 12.4. The summed E-state index contributed by atoms with van der Waals surface area (Å²) >= 11 is 0. The molecule has 0 atom stereocenters. The number of hydrogen-bond acceptors (Lipinski definition) is 1. The van der Waals surface area contributed by atoms with Crippen LogP contribution in [0.2, 0.25) is 0 Å². The Labute approximate surface area is 94.7 Å². The molecule has 1 aromatic rings. The van der Waals surface area contributed by atoms with Crippen molar-refractivity contribution in [2.45, 2.75) is 6.92 Å². The summed E-state index contributed by atoms with van der Waals surface area (Å²) in [6.45, 7) is 1.86. The molecule has 1 rings (SSSR count). The predicted octanol–water partition coefficient (Wildman–Crippen LogP) is -2.09. The number of hydrogen-bond donors (Lipinski definition) is 2. The molecule has 0 unspecified atom stereocenters. The summed E-state index contributed by atoms with van der Waals surface area (Å²) in [6.07, 6.45) is 0. The summed E-state index contributed by atoms with van der Waals surface area (Å²) in [6, 6.07) is 6.23. The van der Waals surface area contributed by atoms with Crippen molar-refractivity contribution in [2.24, 2.45) is 0 Å². The smallest absolute Gasteiger partial charge is 1.00 e. The Balaban J connectivity index is 0. The van der Waals surface area contributed by atoms with E-state index in [2.05, 4.69) is 0 Å². The van der Waals surface area contributed by atoms with Gasteiger partial charge in [-0.1, -0.05) is 17.7 Å². The maximum absolute atomic E-state index is 10.6. The Kier molecular flexibility index (Phi) is 4.70. The number of rotatable bonds is 1. The van der Waals surface area contributed by atoms with Crippen LogP contribution in [-0.4, -0.2) is 9.79 Å². The van der Waals surface area contributed by atoms with Gasteiger partial charge in [-0.3, -0.25) is 4.57 Å². The Morgan fingerprint density at radius 2 is 1.67 bits per heavy atom. The Morgan fingerprint density at radius 3 is 2.00 bits per heavy atom. The van der Waals surface area contributed by atoms with Gasteiger partial charge in [0.05, 0.1) is 5.30 Å². The number of benzene rings is 1. The van der Waals surface area contributed by atoms with Gasteiger partial charge in [0.2, 0.25) is 0 Å². The predicted molar refractivity (Wildman–Crippen MR) is 44.0 cm³/mol. The van der Waals surface area contributed by atoms with E-state index in [1.165, 1.54) is 12.1 Å². The largest absolute Gasteiger partial charge is 1.00 e. The first-order valence-electron chi connectivity index (χ1n) is 3.13. The molecule has 62 valence electrons. The number of aryl methyl sites for hydroxylation is 1. The first-order chi connectivity index (χ1) is 5.00. The molecule has 12 heavy (non-hydrogen) atoms. The van der Waals surface area contributed by atoms with Gasteiger partial charge in [-0.2, -0.15) is 0 Å². The molecule has 0 radical (unpaired) electrons. The van der Waals surface area contributed by atoms with Crippen LogP contribution in [0.5, 0.6) is 0 Å². The summed E-state index contributed by atoms with van der Waals surface area (Å²) in [7, 11) is -4.04. The minimum atomic E-state index is -4.04. The van der Waals surface area contributed by atoms with Gasteiger partial charge in [0.25, 0.3) is 0 Å². The van der Waals surface area contributed by atoms with Gasteiger partial charge in [-0.25, -0.2) is 0 Å². The molecule has 0 amide bonds. The van der Waals surface area contributed by atoms with Crippen LogP contribution < -0.4 is 34.9 Å². The second-order valence-corrected chi connectivity index (χ2v) is 3.98. The molecular formula is C7H10NaO3P. The molecule has 0 aliphatic rings. The van der Waals surface area contributed by atoms with Gasteiger partial charge in [0.1, 0.15) is 0 Å². The van der Waals surface area contributed by atoms with E-state index in [4.69, 9.17) is 9.79 Å². The summed E-state index contributed by atoms with van der Waals surface area (Å²) < 4.78 is 10.6. The van der Waals surface area contributed by atoms with Crippen molar-refractivity contribution in [3.63, 3.8) is 0 Å². The van der Waals surface area contributed by atoms with Gasteiger partial charge >= 0.3 is 37.2 Å². The minimum absolute atomic E-state index is 0. The molecule has 0 aromatic heterocycles. The zero-order chi connectivity index (χ0) is 8.48. The van der Waals surface area contributed by atoms with E-state index in [9.17, 15) is 4.57 Å². The Bertz CT molecular complexity index is 295. The zero-order valence-corrected chi connectivity index (χ0v) is 9.95. The topological polar surface area (TPSA) is 57.5 Å². The normalized spacial score (nSPS) is 10.6. The van der Waals surface area contributed by atoms with E-state index in [-0.39, 0.29) is 36.3 Å². The average molecular weight is 196 g/mol. The molecule has 3 nitrogen and oxygen atoms in total. The van der Waals surface area contributed by atoms with Crippen LogP contribution in [0.15, 0.2) is 24.3 Å². The molecule has 0 heterocycles. The van der Waals surface area contributed by atoms with Crippen molar-refractivity contribution in [2.75, 3.05) is 0 Å². The zero-order valence-electron chi connectivity index (χ0n) is 8.06. The van der Waals surface area contributed by atoms with Crippen molar-refractivity contribution >= 4 is 12.9 Å². The fourth-order valence-corrected chi connectivity index (χ4v) is 1.28. The fourth-order valence-electron chi connectivity index (χ4n) is 0.739. The third-order valence-electron chi connectivity index (χ3n) is 1.37. The van der Waals surface area contributed by atoms with Crippen LogP contribution in [0.4, 0.5) is 0 Å². The third-order valence-corrected chi connectivity index (χ3v) is 2.34. The van der Waals surface area contributed by atoms with E-state index in [1.54, 1.807) is 12.1 Å². The molecule has 0 fully saturated rings. The van der Waals surface area contributed by atoms with Gasteiger partial charge in [-0.05, 0) is 19.1 Å². The van der Waals surface area contributed by atoms with Gasteiger partial charge in [-0.15, -0.1) is 0 Å². The summed E-state index contributed by atoms with van der Waals surface area (Å²) in [5.41, 5.74) is 0.988. The average Bonchev–Trinajstić information content (AvgIpc) is 1.86. The van der Waals surface area contributed by atoms with E-state index in [0.29, 0.717) is 0 Å². The molecule has 0 saturated heterocycles. The van der Waals surface area contributed by atoms with Gasteiger partial charge < -0.3 is 11.2 Å².